The van der Waals surface area contributed by atoms with Crippen LogP contribution in [0.1, 0.15) is 15.9 Å². The molecule has 162 valence electrons. The Hall–Kier alpha value is -4.72. The van der Waals surface area contributed by atoms with E-state index >= 15 is 0 Å². The Morgan fingerprint density at radius 2 is 1.79 bits per heavy atom. The molecule has 8 heteroatoms. The zero-order valence-corrected chi connectivity index (χ0v) is 17.1. The number of nitrogens with one attached hydrogen (secondary N) is 1. The van der Waals surface area contributed by atoms with Crippen LogP contribution in [0.15, 0.2) is 77.6 Å². The van der Waals surface area contributed by atoms with Gasteiger partial charge in [0.05, 0.1) is 10.5 Å². The highest BCUT2D eigenvalue weighted by atomic mass is 16.7. The maximum absolute atomic E-state index is 13.2. The molecule has 3 aromatic carbocycles. The number of hydrogen-bond acceptors (Lipinski definition) is 6. The molecule has 0 saturated carbocycles. The summed E-state index contributed by atoms with van der Waals surface area (Å²) in [5.41, 5.74) is 1.25. The average molecular weight is 440 g/mol. The molecular weight excluding hydrogens is 424 g/mol. The maximum Gasteiger partial charge on any atom is 0.270 e. The molecule has 1 aromatic heterocycles. The summed E-state index contributed by atoms with van der Waals surface area (Å²) in [6, 6.07) is 18.3. The van der Waals surface area contributed by atoms with E-state index in [2.05, 4.69) is 4.98 Å². The first-order chi connectivity index (χ1) is 16.0. The normalized spacial score (nSPS) is 12.4. The van der Waals surface area contributed by atoms with Gasteiger partial charge in [-0.2, -0.15) is 0 Å². The summed E-state index contributed by atoms with van der Waals surface area (Å²) in [6.45, 7) is 0.139. The molecule has 0 atom stereocenters. The molecule has 0 saturated heterocycles. The van der Waals surface area contributed by atoms with Gasteiger partial charge in [0.2, 0.25) is 6.79 Å². The molecular formula is C25H16N2O6. The summed E-state index contributed by atoms with van der Waals surface area (Å²) in [6.07, 6.45) is 2.88. The van der Waals surface area contributed by atoms with Crippen molar-refractivity contribution in [2.75, 3.05) is 6.79 Å². The number of carbonyl (C=O) groups is 1. The first-order valence-corrected chi connectivity index (χ1v) is 10.0. The van der Waals surface area contributed by atoms with Gasteiger partial charge < -0.3 is 14.5 Å². The van der Waals surface area contributed by atoms with Crippen molar-refractivity contribution in [1.82, 2.24) is 4.98 Å². The van der Waals surface area contributed by atoms with E-state index in [-0.39, 0.29) is 18.0 Å². The predicted octanol–water partition coefficient (Wildman–Crippen LogP) is 4.73. The minimum absolute atomic E-state index is 0.0915. The molecule has 1 aliphatic heterocycles. The van der Waals surface area contributed by atoms with E-state index in [1.165, 1.54) is 24.3 Å². The molecule has 4 aromatic rings. The Balaban J connectivity index is 1.66. The number of ether oxygens (including phenoxy) is 2. The molecule has 33 heavy (non-hydrogen) atoms. The number of H-pyrrole nitrogens is 1. The van der Waals surface area contributed by atoms with Gasteiger partial charge in [-0.25, -0.2) is 0 Å². The molecule has 1 aliphatic rings. The summed E-state index contributed by atoms with van der Waals surface area (Å²) >= 11 is 0. The Labute approximate surface area is 186 Å². The molecule has 2 heterocycles. The van der Waals surface area contributed by atoms with Gasteiger partial charge in [-0.05, 0) is 35.4 Å². The number of rotatable bonds is 5. The van der Waals surface area contributed by atoms with Gasteiger partial charge in [-0.3, -0.25) is 19.7 Å². The Bertz CT molecular complexity index is 1510. The van der Waals surface area contributed by atoms with Crippen molar-refractivity contribution in [3.8, 4) is 22.6 Å². The third kappa shape index (κ3) is 3.74. The minimum Gasteiger partial charge on any atom is -0.454 e. The number of aromatic nitrogens is 1. The summed E-state index contributed by atoms with van der Waals surface area (Å²) in [7, 11) is 0. The Kier molecular flexibility index (Phi) is 4.95. The van der Waals surface area contributed by atoms with Crippen LogP contribution in [0.3, 0.4) is 0 Å². The van der Waals surface area contributed by atoms with Crippen LogP contribution in [-0.4, -0.2) is 22.5 Å². The summed E-state index contributed by atoms with van der Waals surface area (Å²) in [5.74, 6) is 0.670. The second-order valence-corrected chi connectivity index (χ2v) is 7.37. The van der Waals surface area contributed by atoms with Crippen molar-refractivity contribution < 1.29 is 19.2 Å². The molecule has 0 amide bonds. The van der Waals surface area contributed by atoms with E-state index < -0.39 is 16.3 Å². The standard InChI is InChI=1S/C25H16N2O6/c28-20(10-6-15-7-11-21-22(12-15)33-14-32-21)24-23(16-4-2-1-3-5-16)18-13-17(27(30)31)8-9-19(18)26-25(24)29/h1-13H,14H2,(H,26,29). The van der Waals surface area contributed by atoms with Gasteiger partial charge in [0.15, 0.2) is 17.3 Å². The second-order valence-electron chi connectivity index (χ2n) is 7.37. The molecule has 0 spiro atoms. The zero-order valence-electron chi connectivity index (χ0n) is 17.1. The van der Waals surface area contributed by atoms with Crippen molar-refractivity contribution in [3.05, 3.63) is 104 Å². The maximum atomic E-state index is 13.2. The number of benzene rings is 3. The Morgan fingerprint density at radius 3 is 2.58 bits per heavy atom. The topological polar surface area (TPSA) is 112 Å². The number of nitro benzene ring substituents is 1. The first kappa shape index (κ1) is 20.2. The van der Waals surface area contributed by atoms with E-state index in [1.807, 2.05) is 6.07 Å². The largest absolute Gasteiger partial charge is 0.454 e. The van der Waals surface area contributed by atoms with E-state index in [9.17, 15) is 19.7 Å². The van der Waals surface area contributed by atoms with E-state index in [1.54, 1.807) is 48.5 Å². The number of fused-ring (bicyclic) bond motifs is 2. The molecule has 0 aliphatic carbocycles. The molecule has 1 N–H and O–H groups in total. The van der Waals surface area contributed by atoms with Gasteiger partial charge in [0.25, 0.3) is 11.2 Å². The zero-order chi connectivity index (χ0) is 22.9. The summed E-state index contributed by atoms with van der Waals surface area (Å²) < 4.78 is 10.6. The van der Waals surface area contributed by atoms with Gasteiger partial charge in [0, 0.05) is 28.6 Å². The fourth-order valence-corrected chi connectivity index (χ4v) is 3.81. The predicted molar refractivity (Wildman–Crippen MR) is 123 cm³/mol. The van der Waals surface area contributed by atoms with Crippen LogP contribution < -0.4 is 15.0 Å². The summed E-state index contributed by atoms with van der Waals surface area (Å²) in [4.78, 5) is 39.7. The summed E-state index contributed by atoms with van der Waals surface area (Å²) in [5, 5.41) is 11.8. The van der Waals surface area contributed by atoms with Crippen LogP contribution >= 0.6 is 0 Å². The monoisotopic (exact) mass is 440 g/mol. The lowest BCUT2D eigenvalue weighted by Crippen LogP contribution is -2.18. The van der Waals surface area contributed by atoms with Crippen LogP contribution in [0.4, 0.5) is 5.69 Å². The number of pyridine rings is 1. The number of hydrogen-bond donors (Lipinski definition) is 1. The molecule has 0 unspecified atom stereocenters. The molecule has 0 fully saturated rings. The van der Waals surface area contributed by atoms with Crippen molar-refractivity contribution in [2.24, 2.45) is 0 Å². The van der Waals surface area contributed by atoms with Gasteiger partial charge in [-0.1, -0.05) is 42.5 Å². The van der Waals surface area contributed by atoms with Crippen molar-refractivity contribution >= 4 is 28.4 Å². The highest BCUT2D eigenvalue weighted by Gasteiger charge is 2.21. The molecule has 0 bridgehead atoms. The van der Waals surface area contributed by atoms with Crippen molar-refractivity contribution in [2.45, 2.75) is 0 Å². The number of ketones is 1. The number of allylic oxidation sites excluding steroid dienone is 1. The van der Waals surface area contributed by atoms with Crippen LogP contribution in [-0.2, 0) is 0 Å². The van der Waals surface area contributed by atoms with Gasteiger partial charge in [-0.15, -0.1) is 0 Å². The van der Waals surface area contributed by atoms with Gasteiger partial charge in [0.1, 0.15) is 0 Å². The third-order valence-corrected chi connectivity index (χ3v) is 5.34. The van der Waals surface area contributed by atoms with Crippen LogP contribution in [0, 0.1) is 10.1 Å². The molecule has 5 rings (SSSR count). The van der Waals surface area contributed by atoms with E-state index in [0.29, 0.717) is 39.1 Å². The lowest BCUT2D eigenvalue weighted by Gasteiger charge is -2.11. The third-order valence-electron chi connectivity index (χ3n) is 5.34. The highest BCUT2D eigenvalue weighted by Crippen LogP contribution is 2.34. The number of nitrogens with zero attached hydrogens (tertiary/aromatic N) is 1. The fourth-order valence-electron chi connectivity index (χ4n) is 3.81. The van der Waals surface area contributed by atoms with Crippen LogP contribution in [0.5, 0.6) is 11.5 Å². The van der Waals surface area contributed by atoms with Crippen molar-refractivity contribution in [1.29, 1.82) is 0 Å². The number of carbonyl (C=O) groups excluding carboxylic acids is 1. The number of nitro groups is 1. The lowest BCUT2D eigenvalue weighted by molar-refractivity contribution is -0.384. The highest BCUT2D eigenvalue weighted by molar-refractivity contribution is 6.15. The van der Waals surface area contributed by atoms with Crippen LogP contribution in [0.25, 0.3) is 28.1 Å². The Morgan fingerprint density at radius 1 is 1.00 bits per heavy atom. The lowest BCUT2D eigenvalue weighted by atomic mass is 9.93. The SMILES string of the molecule is O=C(C=Cc1ccc2c(c1)OCO2)c1c(-c2ccccc2)c2cc([N+](=O)[O-])ccc2[nH]c1=O. The van der Waals surface area contributed by atoms with E-state index in [4.69, 9.17) is 9.47 Å². The van der Waals surface area contributed by atoms with Crippen LogP contribution in [0.2, 0.25) is 0 Å². The first-order valence-electron chi connectivity index (χ1n) is 10.0. The van der Waals surface area contributed by atoms with Crippen molar-refractivity contribution in [3.63, 3.8) is 0 Å². The molecule has 0 radical (unpaired) electrons. The number of non-ortho nitro benzene ring substituents is 1. The molecule has 8 nitrogen and oxygen atoms in total. The quantitative estimate of drug-likeness (QED) is 0.208. The smallest absolute Gasteiger partial charge is 0.270 e. The fraction of sp³-hybridized carbons (Fsp3) is 0.0400. The van der Waals surface area contributed by atoms with E-state index in [0.717, 1.165) is 0 Å². The minimum atomic E-state index is -0.574. The van der Waals surface area contributed by atoms with Gasteiger partial charge >= 0.3 is 0 Å². The second kappa shape index (κ2) is 8.08. The number of aromatic amines is 1. The average Bonchev–Trinajstić information content (AvgIpc) is 3.30.